The van der Waals surface area contributed by atoms with Gasteiger partial charge in [-0.15, -0.1) is 0 Å². The zero-order valence-corrected chi connectivity index (χ0v) is 12.2. The SMILES string of the molecule is CC(O)CC(C)NS(=O)(=O)Cc1ccc(C(=O)O)cc1. The van der Waals surface area contributed by atoms with Crippen LogP contribution in [-0.4, -0.2) is 36.7 Å². The lowest BCUT2D eigenvalue weighted by Gasteiger charge is -2.15. The smallest absolute Gasteiger partial charge is 0.335 e. The molecule has 0 bridgehead atoms. The number of aliphatic hydroxyl groups is 1. The molecule has 20 heavy (non-hydrogen) atoms. The van der Waals surface area contributed by atoms with Crippen LogP contribution >= 0.6 is 0 Å². The summed E-state index contributed by atoms with van der Waals surface area (Å²) in [4.78, 5) is 10.7. The molecule has 2 atom stereocenters. The van der Waals surface area contributed by atoms with Gasteiger partial charge in [-0.3, -0.25) is 0 Å². The zero-order chi connectivity index (χ0) is 15.3. The lowest BCUT2D eigenvalue weighted by molar-refractivity contribution is 0.0697. The van der Waals surface area contributed by atoms with E-state index >= 15 is 0 Å². The van der Waals surface area contributed by atoms with Crippen LogP contribution in [-0.2, 0) is 15.8 Å². The molecule has 0 amide bonds. The van der Waals surface area contributed by atoms with Gasteiger partial charge in [0.15, 0.2) is 0 Å². The fourth-order valence-corrected chi connectivity index (χ4v) is 3.29. The van der Waals surface area contributed by atoms with Gasteiger partial charge in [0.1, 0.15) is 0 Å². The van der Waals surface area contributed by atoms with E-state index in [0.717, 1.165) is 0 Å². The minimum atomic E-state index is -3.52. The summed E-state index contributed by atoms with van der Waals surface area (Å²) in [5, 5.41) is 18.0. The van der Waals surface area contributed by atoms with Crippen molar-refractivity contribution in [2.45, 2.75) is 38.2 Å². The Morgan fingerprint density at radius 2 is 1.80 bits per heavy atom. The van der Waals surface area contributed by atoms with Crippen LogP contribution in [0.25, 0.3) is 0 Å². The number of nitrogens with one attached hydrogen (secondary N) is 1. The quantitative estimate of drug-likeness (QED) is 0.696. The summed E-state index contributed by atoms with van der Waals surface area (Å²) < 4.78 is 26.3. The van der Waals surface area contributed by atoms with Crippen LogP contribution in [0.4, 0.5) is 0 Å². The molecule has 6 nitrogen and oxygen atoms in total. The van der Waals surface area contributed by atoms with Crippen LogP contribution in [0.1, 0.15) is 36.2 Å². The van der Waals surface area contributed by atoms with E-state index in [9.17, 15) is 18.3 Å². The predicted molar refractivity (Wildman–Crippen MR) is 74.9 cm³/mol. The molecule has 3 N–H and O–H groups in total. The van der Waals surface area contributed by atoms with Crippen LogP contribution in [0, 0.1) is 0 Å². The predicted octanol–water partition coefficient (Wildman–Crippen LogP) is 0.964. The van der Waals surface area contributed by atoms with Crippen molar-refractivity contribution in [1.29, 1.82) is 0 Å². The number of aromatic carboxylic acids is 1. The Morgan fingerprint density at radius 3 is 2.25 bits per heavy atom. The minimum absolute atomic E-state index is 0.113. The molecule has 0 aliphatic rings. The second-order valence-corrected chi connectivity index (χ2v) is 6.62. The van der Waals surface area contributed by atoms with Gasteiger partial charge in [0.2, 0.25) is 10.0 Å². The van der Waals surface area contributed by atoms with Crippen molar-refractivity contribution in [3.8, 4) is 0 Å². The molecule has 0 saturated carbocycles. The van der Waals surface area contributed by atoms with E-state index in [1.165, 1.54) is 24.3 Å². The Bertz CT molecular complexity index is 551. The van der Waals surface area contributed by atoms with Crippen molar-refractivity contribution in [2.75, 3.05) is 0 Å². The summed E-state index contributed by atoms with van der Waals surface area (Å²) in [6.45, 7) is 3.27. The van der Waals surface area contributed by atoms with Crippen molar-refractivity contribution in [3.63, 3.8) is 0 Å². The Hall–Kier alpha value is -1.44. The third kappa shape index (κ3) is 5.68. The molecule has 0 aliphatic heterocycles. The molecule has 0 saturated heterocycles. The largest absolute Gasteiger partial charge is 0.478 e. The number of hydrogen-bond donors (Lipinski definition) is 3. The molecule has 7 heteroatoms. The van der Waals surface area contributed by atoms with E-state index in [1.54, 1.807) is 13.8 Å². The molecule has 0 fully saturated rings. The average Bonchev–Trinajstić information content (AvgIpc) is 2.26. The van der Waals surface area contributed by atoms with Gasteiger partial charge in [-0.1, -0.05) is 12.1 Å². The second kappa shape index (κ2) is 6.83. The maximum Gasteiger partial charge on any atom is 0.335 e. The van der Waals surface area contributed by atoms with E-state index in [0.29, 0.717) is 12.0 Å². The fraction of sp³-hybridized carbons (Fsp3) is 0.462. The standard InChI is InChI=1S/C13H19NO5S/c1-9(7-10(2)15)14-20(18,19)8-11-3-5-12(6-4-11)13(16)17/h3-6,9-10,14-15H,7-8H2,1-2H3,(H,16,17). The Balaban J connectivity index is 2.68. The fourth-order valence-electron chi connectivity index (χ4n) is 1.87. The monoisotopic (exact) mass is 301 g/mol. The van der Waals surface area contributed by atoms with Gasteiger partial charge in [-0.25, -0.2) is 17.9 Å². The summed E-state index contributed by atoms with van der Waals surface area (Å²) in [6.07, 6.45) is -0.250. The van der Waals surface area contributed by atoms with E-state index in [2.05, 4.69) is 4.72 Å². The lowest BCUT2D eigenvalue weighted by Crippen LogP contribution is -2.35. The van der Waals surface area contributed by atoms with Crippen LogP contribution in [0.3, 0.4) is 0 Å². The summed E-state index contributed by atoms with van der Waals surface area (Å²) in [5.41, 5.74) is 0.619. The van der Waals surface area contributed by atoms with Gasteiger partial charge in [0.25, 0.3) is 0 Å². The Labute approximate surface area is 118 Å². The van der Waals surface area contributed by atoms with Gasteiger partial charge in [-0.05, 0) is 38.0 Å². The summed E-state index contributed by atoms with van der Waals surface area (Å²) in [5.74, 6) is -1.28. The number of carboxylic acid groups (broad SMARTS) is 1. The first-order chi connectivity index (χ1) is 9.19. The minimum Gasteiger partial charge on any atom is -0.478 e. The number of hydrogen-bond acceptors (Lipinski definition) is 4. The number of rotatable bonds is 7. The summed E-state index contributed by atoms with van der Waals surface area (Å²) in [6, 6.07) is 5.32. The van der Waals surface area contributed by atoms with E-state index in [-0.39, 0.29) is 17.4 Å². The number of sulfonamides is 1. The molecule has 0 radical (unpaired) electrons. The summed E-state index contributed by atoms with van der Waals surface area (Å²) in [7, 11) is -3.52. The third-order valence-corrected chi connectivity index (χ3v) is 4.11. The van der Waals surface area contributed by atoms with Gasteiger partial charge < -0.3 is 10.2 Å². The van der Waals surface area contributed by atoms with Crippen molar-refractivity contribution in [2.24, 2.45) is 0 Å². The summed E-state index contributed by atoms with van der Waals surface area (Å²) >= 11 is 0. The number of carbonyl (C=O) groups is 1. The average molecular weight is 301 g/mol. The van der Waals surface area contributed by atoms with E-state index in [1.807, 2.05) is 0 Å². The molecule has 1 rings (SSSR count). The van der Waals surface area contributed by atoms with Crippen LogP contribution < -0.4 is 4.72 Å². The third-order valence-electron chi connectivity index (χ3n) is 2.63. The molecular formula is C13H19NO5S. The van der Waals surface area contributed by atoms with Gasteiger partial charge in [-0.2, -0.15) is 0 Å². The van der Waals surface area contributed by atoms with Gasteiger partial charge in [0.05, 0.1) is 17.4 Å². The molecular weight excluding hydrogens is 282 g/mol. The molecule has 1 aromatic rings. The molecule has 0 heterocycles. The van der Waals surface area contributed by atoms with Crippen molar-refractivity contribution in [3.05, 3.63) is 35.4 Å². The van der Waals surface area contributed by atoms with Crippen molar-refractivity contribution >= 4 is 16.0 Å². The molecule has 0 aromatic heterocycles. The first kappa shape index (κ1) is 16.6. The second-order valence-electron chi connectivity index (χ2n) is 4.86. The Morgan fingerprint density at radius 1 is 1.25 bits per heavy atom. The van der Waals surface area contributed by atoms with Crippen LogP contribution in [0.2, 0.25) is 0 Å². The molecule has 2 unspecified atom stereocenters. The van der Waals surface area contributed by atoms with Crippen LogP contribution in [0.15, 0.2) is 24.3 Å². The number of carboxylic acids is 1. The topological polar surface area (TPSA) is 104 Å². The van der Waals surface area contributed by atoms with E-state index < -0.39 is 22.1 Å². The maximum atomic E-state index is 11.9. The van der Waals surface area contributed by atoms with Crippen LogP contribution in [0.5, 0.6) is 0 Å². The number of aliphatic hydroxyl groups excluding tert-OH is 1. The highest BCUT2D eigenvalue weighted by atomic mass is 32.2. The highest BCUT2D eigenvalue weighted by molar-refractivity contribution is 7.88. The van der Waals surface area contributed by atoms with Crippen molar-refractivity contribution in [1.82, 2.24) is 4.72 Å². The lowest BCUT2D eigenvalue weighted by atomic mass is 10.1. The highest BCUT2D eigenvalue weighted by Gasteiger charge is 2.16. The van der Waals surface area contributed by atoms with Gasteiger partial charge >= 0.3 is 5.97 Å². The first-order valence-corrected chi connectivity index (χ1v) is 7.85. The molecule has 0 aliphatic carbocycles. The highest BCUT2D eigenvalue weighted by Crippen LogP contribution is 2.09. The molecule has 112 valence electrons. The molecule has 0 spiro atoms. The maximum absolute atomic E-state index is 11.9. The van der Waals surface area contributed by atoms with Crippen molar-refractivity contribution < 1.29 is 23.4 Å². The normalized spacial score (nSPS) is 14.8. The number of benzene rings is 1. The zero-order valence-electron chi connectivity index (χ0n) is 11.4. The molecule has 1 aromatic carbocycles. The first-order valence-electron chi connectivity index (χ1n) is 6.20. The van der Waals surface area contributed by atoms with E-state index in [4.69, 9.17) is 5.11 Å². The Kier molecular flexibility index (Phi) is 5.67. The van der Waals surface area contributed by atoms with Gasteiger partial charge in [0, 0.05) is 6.04 Å².